The number of hydrogen-bond acceptors (Lipinski definition) is 1. The van der Waals surface area contributed by atoms with E-state index >= 15 is 0 Å². The molecule has 0 saturated heterocycles. The first-order valence-corrected chi connectivity index (χ1v) is 26.4. The van der Waals surface area contributed by atoms with Gasteiger partial charge in [0.25, 0.3) is 0 Å². The molecule has 11 aromatic carbocycles. The highest BCUT2D eigenvalue weighted by Crippen LogP contribution is 2.56. The average Bonchev–Trinajstić information content (AvgIpc) is 3.95. The van der Waals surface area contributed by atoms with E-state index in [0.717, 1.165) is 33.9 Å². The van der Waals surface area contributed by atoms with E-state index in [1.54, 1.807) is 0 Å². The molecule has 352 valence electrons. The van der Waals surface area contributed by atoms with E-state index in [1.807, 2.05) is 0 Å². The molecule has 0 radical (unpaired) electrons. The summed E-state index contributed by atoms with van der Waals surface area (Å²) in [6.45, 7) is 0. The first-order chi connectivity index (χ1) is 36.7. The van der Waals surface area contributed by atoms with Crippen LogP contribution in [-0.2, 0) is 5.41 Å². The Morgan fingerprint density at radius 3 is 1.62 bits per heavy atom. The number of benzene rings is 11. The Morgan fingerprint density at radius 1 is 0.297 bits per heavy atom. The van der Waals surface area contributed by atoms with Crippen molar-refractivity contribution >= 4 is 38.9 Å². The van der Waals surface area contributed by atoms with Crippen molar-refractivity contribution in [2.75, 3.05) is 4.90 Å². The molecule has 1 spiro atoms. The Balaban J connectivity index is 0.915. The zero-order chi connectivity index (χ0) is 49.0. The Bertz CT molecular complexity index is 4040. The van der Waals surface area contributed by atoms with Crippen LogP contribution in [0.4, 0.5) is 17.1 Å². The maximum absolute atomic E-state index is 2.53. The summed E-state index contributed by atoms with van der Waals surface area (Å²) >= 11 is 0. The number of rotatable bonds is 9. The van der Waals surface area contributed by atoms with Crippen LogP contribution >= 0.6 is 0 Å². The number of hydrogen-bond donors (Lipinski definition) is 0. The molecule has 1 aromatic heterocycles. The lowest BCUT2D eigenvalue weighted by Gasteiger charge is -2.36. The van der Waals surface area contributed by atoms with Gasteiger partial charge in [-0.2, -0.15) is 0 Å². The molecule has 74 heavy (non-hydrogen) atoms. The average molecular weight is 947 g/mol. The van der Waals surface area contributed by atoms with Crippen molar-refractivity contribution in [2.24, 2.45) is 0 Å². The quantitative estimate of drug-likeness (QED) is 0.140. The lowest BCUT2D eigenvalue weighted by molar-refractivity contribution is 0.353. The highest BCUT2D eigenvalue weighted by Gasteiger charge is 2.43. The summed E-state index contributed by atoms with van der Waals surface area (Å²) in [5.74, 6) is 0. The molecule has 2 nitrogen and oxygen atoms in total. The zero-order valence-electron chi connectivity index (χ0n) is 41.3. The molecule has 0 unspecified atom stereocenters. The van der Waals surface area contributed by atoms with Gasteiger partial charge in [0.1, 0.15) is 0 Å². The minimum absolute atomic E-state index is 0.104. The van der Waals surface area contributed by atoms with Gasteiger partial charge in [-0.25, -0.2) is 0 Å². The van der Waals surface area contributed by atoms with Crippen LogP contribution in [0.2, 0.25) is 0 Å². The fourth-order valence-corrected chi connectivity index (χ4v) is 12.8. The Morgan fingerprint density at radius 2 is 0.838 bits per heavy atom. The highest BCUT2D eigenvalue weighted by molar-refractivity contribution is 6.10. The van der Waals surface area contributed by atoms with Crippen LogP contribution in [-0.4, -0.2) is 4.57 Å². The van der Waals surface area contributed by atoms with Gasteiger partial charge in [0.05, 0.1) is 16.7 Å². The molecule has 2 heteroatoms. The predicted molar refractivity (Wildman–Crippen MR) is 312 cm³/mol. The molecule has 0 atom stereocenters. The molecule has 0 amide bonds. The first kappa shape index (κ1) is 43.8. The maximum Gasteiger partial charge on any atom is 0.0541 e. The molecule has 2 aliphatic carbocycles. The fourth-order valence-electron chi connectivity index (χ4n) is 12.8. The number of anilines is 3. The largest absolute Gasteiger partial charge is 0.310 e. The summed E-state index contributed by atoms with van der Waals surface area (Å²) in [5.41, 5.74) is 24.8. The Hall–Kier alpha value is -8.98. The second-order valence-electron chi connectivity index (χ2n) is 20.3. The number of fused-ring (bicyclic) bond motifs is 8. The van der Waals surface area contributed by atoms with Crippen molar-refractivity contribution in [1.29, 1.82) is 0 Å². The second-order valence-corrected chi connectivity index (χ2v) is 20.3. The summed E-state index contributed by atoms with van der Waals surface area (Å²) in [4.78, 5) is 2.47. The van der Waals surface area contributed by atoms with Gasteiger partial charge in [-0.1, -0.05) is 219 Å². The third-order valence-electron chi connectivity index (χ3n) is 16.2. The van der Waals surface area contributed by atoms with Crippen molar-refractivity contribution in [1.82, 2.24) is 4.57 Å². The topological polar surface area (TPSA) is 8.17 Å². The van der Waals surface area contributed by atoms with Crippen molar-refractivity contribution in [3.05, 3.63) is 278 Å². The van der Waals surface area contributed by atoms with Gasteiger partial charge in [-0.15, -0.1) is 0 Å². The Kier molecular flexibility index (Phi) is 10.8. The van der Waals surface area contributed by atoms with E-state index in [-0.39, 0.29) is 5.41 Å². The summed E-state index contributed by atoms with van der Waals surface area (Å²) in [6, 6.07) is 98.9. The van der Waals surface area contributed by atoms with E-state index in [1.165, 1.54) is 121 Å². The van der Waals surface area contributed by atoms with E-state index in [2.05, 4.69) is 276 Å². The summed E-state index contributed by atoms with van der Waals surface area (Å²) in [6.07, 6.45) is 6.33. The second kappa shape index (κ2) is 18.3. The van der Waals surface area contributed by atoms with Gasteiger partial charge >= 0.3 is 0 Å². The number of para-hydroxylation sites is 3. The third kappa shape index (κ3) is 7.32. The van der Waals surface area contributed by atoms with E-state index in [0.29, 0.717) is 0 Å². The van der Waals surface area contributed by atoms with E-state index in [9.17, 15) is 0 Å². The molecular formula is C72H54N2. The lowest BCUT2D eigenvalue weighted by atomic mass is 9.67. The zero-order valence-corrected chi connectivity index (χ0v) is 41.3. The van der Waals surface area contributed by atoms with Crippen LogP contribution in [0.1, 0.15) is 43.2 Å². The van der Waals surface area contributed by atoms with E-state index in [4.69, 9.17) is 0 Å². The normalized spacial score (nSPS) is 13.5. The van der Waals surface area contributed by atoms with Crippen LogP contribution in [0, 0.1) is 0 Å². The molecule has 1 saturated carbocycles. The van der Waals surface area contributed by atoms with Gasteiger partial charge < -0.3 is 9.47 Å². The third-order valence-corrected chi connectivity index (χ3v) is 16.2. The van der Waals surface area contributed by atoms with Gasteiger partial charge in [0, 0.05) is 38.8 Å². The molecular weight excluding hydrogens is 893 g/mol. The van der Waals surface area contributed by atoms with Crippen molar-refractivity contribution in [2.45, 2.75) is 37.5 Å². The monoisotopic (exact) mass is 946 g/mol. The Labute approximate surface area is 434 Å². The molecule has 2 aliphatic rings. The van der Waals surface area contributed by atoms with Crippen LogP contribution in [0.3, 0.4) is 0 Å². The first-order valence-electron chi connectivity index (χ1n) is 26.4. The van der Waals surface area contributed by atoms with Crippen molar-refractivity contribution < 1.29 is 0 Å². The van der Waals surface area contributed by atoms with Gasteiger partial charge in [-0.3, -0.25) is 0 Å². The van der Waals surface area contributed by atoms with Crippen LogP contribution < -0.4 is 4.90 Å². The van der Waals surface area contributed by atoms with Crippen LogP contribution in [0.25, 0.3) is 94.3 Å². The number of nitrogens with zero attached hydrogens (tertiary/aromatic N) is 2. The van der Waals surface area contributed by atoms with Gasteiger partial charge in [0.15, 0.2) is 0 Å². The summed E-state index contributed by atoms with van der Waals surface area (Å²) in [7, 11) is 0. The minimum Gasteiger partial charge on any atom is -0.310 e. The predicted octanol–water partition coefficient (Wildman–Crippen LogP) is 19.8. The number of aromatic nitrogens is 1. The van der Waals surface area contributed by atoms with Crippen LogP contribution in [0.15, 0.2) is 267 Å². The smallest absolute Gasteiger partial charge is 0.0541 e. The van der Waals surface area contributed by atoms with Crippen LogP contribution in [0.5, 0.6) is 0 Å². The molecule has 12 aromatic rings. The van der Waals surface area contributed by atoms with Gasteiger partial charge in [0.2, 0.25) is 0 Å². The lowest BCUT2D eigenvalue weighted by Crippen LogP contribution is -2.28. The fraction of sp³-hybridized carbons (Fsp3) is 0.0833. The van der Waals surface area contributed by atoms with Crippen molar-refractivity contribution in [3.8, 4) is 72.4 Å². The molecule has 0 aliphatic heterocycles. The van der Waals surface area contributed by atoms with Crippen molar-refractivity contribution in [3.63, 3.8) is 0 Å². The molecule has 0 bridgehead atoms. The van der Waals surface area contributed by atoms with E-state index < -0.39 is 0 Å². The molecule has 1 fully saturated rings. The highest BCUT2D eigenvalue weighted by atomic mass is 15.1. The standard InChI is InChI=1S/C72H54N2/c1-4-21-51(22-5-1)58-27-8-9-28-59(58)60-29-10-11-30-61(60)64-32-13-16-35-69(64)73(56-41-37-50(38-42-56)54-39-43-63-62-31-12-15-34-67(62)72(68(63)49-54)45-18-3-19-46-72)57-26-20-23-52(47-57)53-40-44-71-66(48-53)65-33-14-17-36-70(65)74(71)55-24-6-2-7-25-55/h1-2,4-17,20-44,47-49H,3,18-19,45-46H2. The minimum atomic E-state index is 0.104. The molecule has 0 N–H and O–H groups in total. The molecule has 1 heterocycles. The molecule has 14 rings (SSSR count). The van der Waals surface area contributed by atoms with Gasteiger partial charge in [-0.05, 0) is 152 Å². The summed E-state index contributed by atoms with van der Waals surface area (Å²) < 4.78 is 2.39. The summed E-state index contributed by atoms with van der Waals surface area (Å²) in [5, 5.41) is 2.48. The maximum atomic E-state index is 2.53. The SMILES string of the molecule is c1ccc(-c2ccccc2-c2ccccc2-c2ccccc2N(c2ccc(-c3ccc4c(c3)C3(CCCCC3)c3ccccc3-4)cc2)c2cccc(-c3ccc4c(c3)c3ccccc3n4-c3ccccc3)c2)cc1.